The lowest BCUT2D eigenvalue weighted by Crippen LogP contribution is -2.33. The standard InChI is InChI=1S/C15H15ClN4O3S/c1-15(2)4-3-8-5-9(6-18-12(8)22-15)14(21)23-20-11(17)13-19-7-10(16)24-13/h5-7H,3-4H2,1-2H3,(H2,17,20). The molecule has 2 aromatic heterocycles. The van der Waals surface area contributed by atoms with Crippen molar-refractivity contribution in [2.45, 2.75) is 32.3 Å². The van der Waals surface area contributed by atoms with Crippen LogP contribution in [0.1, 0.15) is 41.2 Å². The summed E-state index contributed by atoms with van der Waals surface area (Å²) in [4.78, 5) is 25.1. The van der Waals surface area contributed by atoms with E-state index in [1.807, 2.05) is 13.8 Å². The van der Waals surface area contributed by atoms with Gasteiger partial charge in [-0.15, -0.1) is 0 Å². The van der Waals surface area contributed by atoms with Gasteiger partial charge in [-0.05, 0) is 32.8 Å². The summed E-state index contributed by atoms with van der Waals surface area (Å²) in [5, 5.41) is 3.98. The minimum Gasteiger partial charge on any atom is -0.471 e. The maximum absolute atomic E-state index is 12.1. The molecule has 0 spiro atoms. The van der Waals surface area contributed by atoms with Crippen molar-refractivity contribution in [1.29, 1.82) is 0 Å². The SMILES string of the molecule is CC1(C)CCc2cc(C(=O)O/N=C(/N)c3ncc(Cl)s3)cnc2O1. The number of carbonyl (C=O) groups is 1. The normalized spacial score (nSPS) is 16.2. The first-order valence-electron chi connectivity index (χ1n) is 7.18. The van der Waals surface area contributed by atoms with Gasteiger partial charge in [0.2, 0.25) is 5.88 Å². The molecule has 0 atom stereocenters. The van der Waals surface area contributed by atoms with Gasteiger partial charge in [-0.1, -0.05) is 28.1 Å². The van der Waals surface area contributed by atoms with Crippen molar-refractivity contribution in [3.8, 4) is 5.88 Å². The van der Waals surface area contributed by atoms with Crippen LogP contribution in [-0.4, -0.2) is 27.4 Å². The zero-order valence-electron chi connectivity index (χ0n) is 13.1. The molecule has 2 aromatic rings. The predicted molar refractivity (Wildman–Crippen MR) is 90.5 cm³/mol. The topological polar surface area (TPSA) is 99.7 Å². The number of nitrogens with two attached hydrogens (primary N) is 1. The van der Waals surface area contributed by atoms with Crippen molar-refractivity contribution < 1.29 is 14.4 Å². The molecule has 0 saturated carbocycles. The van der Waals surface area contributed by atoms with E-state index in [0.29, 0.717) is 15.2 Å². The van der Waals surface area contributed by atoms with E-state index in [0.717, 1.165) is 29.7 Å². The Morgan fingerprint density at radius 3 is 2.96 bits per heavy atom. The number of oxime groups is 1. The first-order chi connectivity index (χ1) is 11.3. The fourth-order valence-corrected chi connectivity index (χ4v) is 2.99. The van der Waals surface area contributed by atoms with Crippen LogP contribution in [0.25, 0.3) is 0 Å². The van der Waals surface area contributed by atoms with Crippen LogP contribution in [0.5, 0.6) is 5.88 Å². The largest absolute Gasteiger partial charge is 0.471 e. The highest BCUT2D eigenvalue weighted by Crippen LogP contribution is 2.31. The molecule has 3 heterocycles. The van der Waals surface area contributed by atoms with E-state index >= 15 is 0 Å². The molecule has 126 valence electrons. The van der Waals surface area contributed by atoms with Crippen LogP contribution in [0.3, 0.4) is 0 Å². The number of hydrogen-bond donors (Lipinski definition) is 1. The van der Waals surface area contributed by atoms with E-state index in [1.165, 1.54) is 12.4 Å². The van der Waals surface area contributed by atoms with Gasteiger partial charge in [0.25, 0.3) is 0 Å². The molecule has 3 rings (SSSR count). The number of carbonyl (C=O) groups excluding carboxylic acids is 1. The summed E-state index contributed by atoms with van der Waals surface area (Å²) in [7, 11) is 0. The van der Waals surface area contributed by atoms with E-state index in [-0.39, 0.29) is 17.0 Å². The highest BCUT2D eigenvalue weighted by molar-refractivity contribution is 7.17. The van der Waals surface area contributed by atoms with Crippen LogP contribution in [0, 0.1) is 0 Å². The summed E-state index contributed by atoms with van der Waals surface area (Å²) in [5.74, 6) is -0.125. The number of halogens is 1. The quantitative estimate of drug-likeness (QED) is 0.388. The van der Waals surface area contributed by atoms with E-state index in [4.69, 9.17) is 26.9 Å². The Hall–Kier alpha value is -2.19. The summed E-state index contributed by atoms with van der Waals surface area (Å²) in [6.45, 7) is 4.00. The van der Waals surface area contributed by atoms with Gasteiger partial charge < -0.3 is 15.3 Å². The molecular weight excluding hydrogens is 352 g/mol. The Bertz CT molecular complexity index is 819. The van der Waals surface area contributed by atoms with Gasteiger partial charge in [0.15, 0.2) is 10.8 Å². The van der Waals surface area contributed by atoms with Gasteiger partial charge in [0.1, 0.15) is 9.94 Å². The van der Waals surface area contributed by atoms with Gasteiger partial charge in [0, 0.05) is 11.8 Å². The molecule has 0 aliphatic carbocycles. The van der Waals surface area contributed by atoms with Gasteiger partial charge in [-0.25, -0.2) is 14.8 Å². The van der Waals surface area contributed by atoms with Crippen molar-refractivity contribution in [3.05, 3.63) is 38.9 Å². The van der Waals surface area contributed by atoms with Crippen LogP contribution in [0.15, 0.2) is 23.6 Å². The van der Waals surface area contributed by atoms with Gasteiger partial charge >= 0.3 is 5.97 Å². The lowest BCUT2D eigenvalue weighted by Gasteiger charge is -2.31. The van der Waals surface area contributed by atoms with Gasteiger partial charge in [-0.3, -0.25) is 0 Å². The number of aryl methyl sites for hydroxylation is 1. The van der Waals surface area contributed by atoms with E-state index in [2.05, 4.69) is 15.1 Å². The third kappa shape index (κ3) is 3.65. The lowest BCUT2D eigenvalue weighted by atomic mass is 9.95. The summed E-state index contributed by atoms with van der Waals surface area (Å²) >= 11 is 6.91. The molecule has 1 aliphatic rings. The van der Waals surface area contributed by atoms with Crippen molar-refractivity contribution >= 4 is 34.7 Å². The van der Waals surface area contributed by atoms with Crippen LogP contribution in [0.4, 0.5) is 0 Å². The minimum atomic E-state index is -0.652. The molecule has 0 bridgehead atoms. The van der Waals surface area contributed by atoms with E-state index < -0.39 is 5.97 Å². The first kappa shape index (κ1) is 16.7. The molecule has 0 radical (unpaired) electrons. The Labute approximate surface area is 147 Å². The Morgan fingerprint density at radius 2 is 2.25 bits per heavy atom. The number of ether oxygens (including phenoxy) is 1. The minimum absolute atomic E-state index is 0.0174. The van der Waals surface area contributed by atoms with Crippen molar-refractivity contribution in [3.63, 3.8) is 0 Å². The second-order valence-corrected chi connectivity index (χ2v) is 7.54. The fourth-order valence-electron chi connectivity index (χ4n) is 2.18. The Kier molecular flexibility index (Phi) is 4.42. The van der Waals surface area contributed by atoms with E-state index in [1.54, 1.807) is 6.07 Å². The zero-order valence-corrected chi connectivity index (χ0v) is 14.6. The smallest absolute Gasteiger partial charge is 0.367 e. The third-order valence-corrected chi connectivity index (χ3v) is 4.59. The van der Waals surface area contributed by atoms with E-state index in [9.17, 15) is 4.79 Å². The molecule has 0 amide bonds. The monoisotopic (exact) mass is 366 g/mol. The molecule has 1 aliphatic heterocycles. The molecule has 0 saturated heterocycles. The second-order valence-electron chi connectivity index (χ2n) is 5.87. The van der Waals surface area contributed by atoms with Crippen LogP contribution < -0.4 is 10.5 Å². The number of fused-ring (bicyclic) bond motifs is 1. The fraction of sp³-hybridized carbons (Fsp3) is 0.333. The van der Waals surface area contributed by atoms with Gasteiger partial charge in [-0.2, -0.15) is 0 Å². The highest BCUT2D eigenvalue weighted by atomic mass is 35.5. The van der Waals surface area contributed by atoms with Gasteiger partial charge in [0.05, 0.1) is 11.8 Å². The van der Waals surface area contributed by atoms with Crippen LogP contribution in [0.2, 0.25) is 4.34 Å². The summed E-state index contributed by atoms with van der Waals surface area (Å²) in [5.41, 5.74) is 6.60. The lowest BCUT2D eigenvalue weighted by molar-refractivity contribution is 0.0513. The molecule has 7 nitrogen and oxygen atoms in total. The zero-order chi connectivity index (χ0) is 17.3. The Morgan fingerprint density at radius 1 is 1.46 bits per heavy atom. The molecule has 0 fully saturated rings. The van der Waals surface area contributed by atoms with Crippen LogP contribution >= 0.6 is 22.9 Å². The number of thiazole rings is 1. The van der Waals surface area contributed by atoms with Crippen molar-refractivity contribution in [1.82, 2.24) is 9.97 Å². The number of aromatic nitrogens is 2. The first-order valence-corrected chi connectivity index (χ1v) is 8.38. The summed E-state index contributed by atoms with van der Waals surface area (Å²) in [6, 6.07) is 1.70. The number of amidine groups is 1. The number of hydrogen-bond acceptors (Lipinski definition) is 7. The maximum Gasteiger partial charge on any atom is 0.367 e. The average molecular weight is 367 g/mol. The molecule has 9 heteroatoms. The maximum atomic E-state index is 12.1. The number of pyridine rings is 1. The highest BCUT2D eigenvalue weighted by Gasteiger charge is 2.28. The molecule has 24 heavy (non-hydrogen) atoms. The molecule has 0 unspecified atom stereocenters. The molecule has 2 N–H and O–H groups in total. The second kappa shape index (κ2) is 6.37. The summed E-state index contributed by atoms with van der Waals surface area (Å²) in [6.07, 6.45) is 4.46. The molecular formula is C15H15ClN4O3S. The van der Waals surface area contributed by atoms with Crippen molar-refractivity contribution in [2.24, 2.45) is 10.9 Å². The average Bonchev–Trinajstić information content (AvgIpc) is 2.97. The Balaban J connectivity index is 1.72. The van der Waals surface area contributed by atoms with Crippen molar-refractivity contribution in [2.75, 3.05) is 0 Å². The number of rotatable bonds is 3. The molecule has 0 aromatic carbocycles. The predicted octanol–water partition coefficient (Wildman–Crippen LogP) is 2.77. The number of nitrogens with zero attached hydrogens (tertiary/aromatic N) is 3. The summed E-state index contributed by atoms with van der Waals surface area (Å²) < 4.78 is 6.25. The third-order valence-electron chi connectivity index (χ3n) is 3.45. The van der Waals surface area contributed by atoms with Crippen LogP contribution in [-0.2, 0) is 11.3 Å².